The summed E-state index contributed by atoms with van der Waals surface area (Å²) in [5.74, 6) is -0.500. The van der Waals surface area contributed by atoms with Crippen LogP contribution >= 0.6 is 0 Å². The molecule has 0 aliphatic carbocycles. The fourth-order valence-electron chi connectivity index (χ4n) is 3.00. The van der Waals surface area contributed by atoms with E-state index in [1.54, 1.807) is 6.07 Å². The first-order chi connectivity index (χ1) is 13.7. The molecule has 0 radical (unpaired) electrons. The fraction of sp³-hybridized carbons (Fsp3) is 0.412. The highest BCUT2D eigenvalue weighted by Crippen LogP contribution is 2.20. The molecule has 1 fully saturated rings. The molecule has 2 heterocycles. The Kier molecular flexibility index (Phi) is 6.06. The summed E-state index contributed by atoms with van der Waals surface area (Å²) in [6.45, 7) is 2.31. The largest absolute Gasteiger partial charge is 0.309 e. The van der Waals surface area contributed by atoms with Crippen LogP contribution in [0.2, 0.25) is 0 Å². The van der Waals surface area contributed by atoms with Gasteiger partial charge in [0.15, 0.2) is 5.03 Å². The van der Waals surface area contributed by atoms with Crippen LogP contribution in [0.3, 0.4) is 0 Å². The summed E-state index contributed by atoms with van der Waals surface area (Å²) in [5.41, 5.74) is 1.15. The van der Waals surface area contributed by atoms with Crippen molar-refractivity contribution in [3.63, 3.8) is 0 Å². The molecule has 0 N–H and O–H groups in total. The number of nitriles is 1. The van der Waals surface area contributed by atoms with Crippen molar-refractivity contribution in [2.75, 3.05) is 40.3 Å². The number of benzene rings is 1. The molecule has 156 valence electrons. The van der Waals surface area contributed by atoms with Crippen LogP contribution in [0.15, 0.2) is 41.6 Å². The molecule has 2 aromatic rings. The molecule has 10 nitrogen and oxygen atoms in total. The van der Waals surface area contributed by atoms with Crippen LogP contribution in [0.4, 0.5) is 0 Å². The molecule has 0 saturated carbocycles. The van der Waals surface area contributed by atoms with Crippen LogP contribution in [0.1, 0.15) is 11.4 Å². The Morgan fingerprint density at radius 3 is 2.24 bits per heavy atom. The van der Waals surface area contributed by atoms with Crippen LogP contribution in [0.5, 0.6) is 0 Å². The third-order valence-electron chi connectivity index (χ3n) is 4.65. The van der Waals surface area contributed by atoms with E-state index < -0.39 is 31.1 Å². The quantitative estimate of drug-likeness (QED) is 0.618. The Hall–Kier alpha value is -2.30. The number of imidazole rings is 1. The zero-order valence-electron chi connectivity index (χ0n) is 16.1. The molecule has 1 aromatic heterocycles. The molecule has 0 amide bonds. The zero-order chi connectivity index (χ0) is 21.2. The lowest BCUT2D eigenvalue weighted by molar-refractivity contribution is 0.181. The van der Waals surface area contributed by atoms with Crippen LogP contribution in [0, 0.1) is 11.3 Å². The van der Waals surface area contributed by atoms with Crippen molar-refractivity contribution in [3.05, 3.63) is 47.9 Å². The highest BCUT2D eigenvalue weighted by Gasteiger charge is 2.33. The monoisotopic (exact) mass is 438 g/mol. The van der Waals surface area contributed by atoms with Crippen molar-refractivity contribution in [2.45, 2.75) is 11.6 Å². The number of sulfonamides is 1. The standard InChI is InChI=1S/C17H22N6O4S2/c1-20(2)29(26,27)23-14-17(19-16(23)12-18)28(24,25)22-10-8-21(9-11-22)13-15-6-4-3-5-7-15/h3-7,14H,8-11,13H2,1-2H3. The van der Waals surface area contributed by atoms with Gasteiger partial charge < -0.3 is 0 Å². The minimum Gasteiger partial charge on any atom is -0.296 e. The average molecular weight is 439 g/mol. The van der Waals surface area contributed by atoms with Gasteiger partial charge in [-0.15, -0.1) is 0 Å². The molecule has 29 heavy (non-hydrogen) atoms. The third kappa shape index (κ3) is 4.34. The van der Waals surface area contributed by atoms with Crippen molar-refractivity contribution in [1.82, 2.24) is 22.5 Å². The average Bonchev–Trinajstić information content (AvgIpc) is 3.15. The van der Waals surface area contributed by atoms with Crippen LogP contribution in [0.25, 0.3) is 0 Å². The van der Waals surface area contributed by atoms with Gasteiger partial charge in [-0.1, -0.05) is 30.3 Å². The predicted molar refractivity (Wildman–Crippen MR) is 105 cm³/mol. The second kappa shape index (κ2) is 8.21. The van der Waals surface area contributed by atoms with E-state index in [-0.39, 0.29) is 13.1 Å². The van der Waals surface area contributed by atoms with Gasteiger partial charge in [0.25, 0.3) is 10.0 Å². The lowest BCUT2D eigenvalue weighted by Gasteiger charge is -2.33. The fourth-order valence-corrected chi connectivity index (χ4v) is 5.30. The molecule has 0 bridgehead atoms. The van der Waals surface area contributed by atoms with Gasteiger partial charge >= 0.3 is 10.2 Å². The third-order valence-corrected chi connectivity index (χ3v) is 8.12. The van der Waals surface area contributed by atoms with E-state index in [9.17, 15) is 22.1 Å². The summed E-state index contributed by atoms with van der Waals surface area (Å²) in [4.78, 5) is 5.91. The van der Waals surface area contributed by atoms with E-state index in [1.165, 1.54) is 18.4 Å². The maximum atomic E-state index is 12.9. The Morgan fingerprint density at radius 1 is 1.07 bits per heavy atom. The maximum Gasteiger partial charge on any atom is 0.309 e. The van der Waals surface area contributed by atoms with E-state index in [0.29, 0.717) is 17.1 Å². The summed E-state index contributed by atoms with van der Waals surface area (Å²) in [6.07, 6.45) is 0.888. The summed E-state index contributed by atoms with van der Waals surface area (Å²) in [5, 5.41) is 8.75. The second-order valence-corrected chi connectivity index (χ2v) is 10.7. The molecule has 1 aromatic carbocycles. The molecule has 1 aliphatic rings. The number of piperazine rings is 1. The maximum absolute atomic E-state index is 12.9. The highest BCUT2D eigenvalue weighted by atomic mass is 32.2. The van der Waals surface area contributed by atoms with E-state index in [1.807, 2.05) is 30.3 Å². The van der Waals surface area contributed by atoms with Crippen molar-refractivity contribution in [1.29, 1.82) is 5.26 Å². The van der Waals surface area contributed by atoms with Crippen LogP contribution < -0.4 is 0 Å². The minimum atomic E-state index is -4.06. The first-order valence-corrected chi connectivity index (χ1v) is 11.7. The smallest absolute Gasteiger partial charge is 0.296 e. The van der Waals surface area contributed by atoms with Gasteiger partial charge in [-0.25, -0.2) is 17.4 Å². The zero-order valence-corrected chi connectivity index (χ0v) is 17.8. The van der Waals surface area contributed by atoms with E-state index in [2.05, 4.69) is 9.88 Å². The van der Waals surface area contributed by atoms with Gasteiger partial charge in [0.05, 0.1) is 6.20 Å². The summed E-state index contributed by atoms with van der Waals surface area (Å²) >= 11 is 0. The Bertz CT molecular complexity index is 1110. The first kappa shape index (κ1) is 21.4. The first-order valence-electron chi connectivity index (χ1n) is 8.85. The topological polar surface area (TPSA) is 120 Å². The molecule has 0 atom stereocenters. The molecule has 1 aliphatic heterocycles. The SMILES string of the molecule is CN(C)S(=O)(=O)n1cc(S(=O)(=O)N2CCN(Cc3ccccc3)CC2)nc1C#N. The minimum absolute atomic E-state index is 0.254. The normalized spacial score (nSPS) is 16.8. The van der Waals surface area contributed by atoms with E-state index >= 15 is 0 Å². The number of rotatable bonds is 6. The Balaban J connectivity index is 1.77. The number of hydrogen-bond acceptors (Lipinski definition) is 7. The molecular formula is C17H22N6O4S2. The number of hydrogen-bond donors (Lipinski definition) is 0. The van der Waals surface area contributed by atoms with E-state index in [4.69, 9.17) is 0 Å². The van der Waals surface area contributed by atoms with E-state index in [0.717, 1.165) is 22.6 Å². The number of nitrogens with zero attached hydrogens (tertiary/aromatic N) is 6. The lowest BCUT2D eigenvalue weighted by Crippen LogP contribution is -2.48. The molecule has 1 saturated heterocycles. The van der Waals surface area contributed by atoms with Gasteiger partial charge in [-0.2, -0.15) is 22.3 Å². The van der Waals surface area contributed by atoms with Gasteiger partial charge in [-0.05, 0) is 5.56 Å². The molecule has 0 spiro atoms. The van der Waals surface area contributed by atoms with Gasteiger partial charge in [0, 0.05) is 46.8 Å². The molecular weight excluding hydrogens is 416 g/mol. The van der Waals surface area contributed by atoms with Crippen molar-refractivity contribution >= 4 is 20.2 Å². The molecule has 0 unspecified atom stereocenters. The molecule has 12 heteroatoms. The predicted octanol–water partition coefficient (Wildman–Crippen LogP) is -0.0842. The second-order valence-electron chi connectivity index (χ2n) is 6.77. The number of aromatic nitrogens is 2. The Morgan fingerprint density at radius 2 is 1.69 bits per heavy atom. The summed E-state index contributed by atoms with van der Waals surface area (Å²) in [6, 6.07) is 11.5. The Labute approximate surface area is 170 Å². The van der Waals surface area contributed by atoms with Gasteiger partial charge in [0.1, 0.15) is 6.07 Å². The summed E-state index contributed by atoms with van der Waals surface area (Å²) in [7, 11) is -5.50. The van der Waals surface area contributed by atoms with Crippen LogP contribution in [-0.2, 0) is 26.8 Å². The van der Waals surface area contributed by atoms with Gasteiger partial charge in [0.2, 0.25) is 5.82 Å². The lowest BCUT2D eigenvalue weighted by atomic mass is 10.2. The van der Waals surface area contributed by atoms with Gasteiger partial charge in [-0.3, -0.25) is 4.90 Å². The van der Waals surface area contributed by atoms with Crippen LogP contribution in [-0.4, -0.2) is 79.6 Å². The highest BCUT2D eigenvalue weighted by molar-refractivity contribution is 7.89. The van der Waals surface area contributed by atoms with Crippen molar-refractivity contribution < 1.29 is 16.8 Å². The summed E-state index contributed by atoms with van der Waals surface area (Å²) < 4.78 is 53.3. The molecule has 3 rings (SSSR count). The van der Waals surface area contributed by atoms with Crippen molar-refractivity contribution in [3.8, 4) is 6.07 Å². The van der Waals surface area contributed by atoms with Crippen molar-refractivity contribution in [2.24, 2.45) is 0 Å².